The third kappa shape index (κ3) is 3.98. The fraction of sp³-hybridized carbons (Fsp3) is 0.533. The molecule has 0 saturated carbocycles. The third-order valence-corrected chi connectivity index (χ3v) is 3.96. The second-order valence-electron chi connectivity index (χ2n) is 4.73. The molecule has 0 radical (unpaired) electrons. The van der Waals surface area contributed by atoms with E-state index in [1.165, 1.54) is 11.5 Å². The Kier molecular flexibility index (Phi) is 6.07. The van der Waals surface area contributed by atoms with Crippen LogP contribution >= 0.6 is 11.5 Å². The Labute approximate surface area is 129 Å². The summed E-state index contributed by atoms with van der Waals surface area (Å²) in [5.41, 5.74) is 2.14. The van der Waals surface area contributed by atoms with Crippen LogP contribution in [0.15, 0.2) is 18.5 Å². The standard InChI is InChI=1S/C15H22N4OS/c1-4-7-20-12-8-11(9-16-10-12)14(17-6-3)15-13(5-2)18-19-21-15/h8-10,14,17H,4-7H2,1-3H3. The number of aromatic nitrogens is 3. The Morgan fingerprint density at radius 1 is 1.29 bits per heavy atom. The van der Waals surface area contributed by atoms with E-state index in [1.54, 1.807) is 6.20 Å². The third-order valence-electron chi connectivity index (χ3n) is 3.13. The van der Waals surface area contributed by atoms with Gasteiger partial charge in [-0.15, -0.1) is 5.10 Å². The van der Waals surface area contributed by atoms with E-state index in [-0.39, 0.29) is 6.04 Å². The molecular weight excluding hydrogens is 284 g/mol. The molecule has 0 amide bonds. The molecule has 2 heterocycles. The maximum absolute atomic E-state index is 5.68. The molecule has 6 heteroatoms. The summed E-state index contributed by atoms with van der Waals surface area (Å²) in [6, 6.07) is 2.12. The first-order chi connectivity index (χ1) is 10.3. The van der Waals surface area contributed by atoms with Crippen molar-refractivity contribution < 1.29 is 4.74 Å². The van der Waals surface area contributed by atoms with E-state index in [2.05, 4.69) is 46.7 Å². The fourth-order valence-electron chi connectivity index (χ4n) is 2.14. The first kappa shape index (κ1) is 15.9. The molecule has 2 aromatic heterocycles. The average molecular weight is 306 g/mol. The van der Waals surface area contributed by atoms with Gasteiger partial charge < -0.3 is 10.1 Å². The number of nitrogens with one attached hydrogen (secondary N) is 1. The van der Waals surface area contributed by atoms with E-state index >= 15 is 0 Å². The van der Waals surface area contributed by atoms with Crippen molar-refractivity contribution in [3.8, 4) is 5.75 Å². The van der Waals surface area contributed by atoms with Crippen LogP contribution in [-0.2, 0) is 6.42 Å². The smallest absolute Gasteiger partial charge is 0.137 e. The second-order valence-corrected chi connectivity index (χ2v) is 5.52. The zero-order valence-corrected chi connectivity index (χ0v) is 13.6. The van der Waals surface area contributed by atoms with Crippen molar-refractivity contribution in [3.63, 3.8) is 0 Å². The van der Waals surface area contributed by atoms with Crippen LogP contribution in [0.25, 0.3) is 0 Å². The summed E-state index contributed by atoms with van der Waals surface area (Å²) in [5.74, 6) is 0.813. The molecule has 1 unspecified atom stereocenters. The number of hydrogen-bond acceptors (Lipinski definition) is 6. The molecule has 1 N–H and O–H groups in total. The number of nitrogens with zero attached hydrogens (tertiary/aromatic N) is 3. The van der Waals surface area contributed by atoms with Gasteiger partial charge in [0.2, 0.25) is 0 Å². The highest BCUT2D eigenvalue weighted by Crippen LogP contribution is 2.28. The van der Waals surface area contributed by atoms with Gasteiger partial charge in [0, 0.05) is 6.20 Å². The Morgan fingerprint density at radius 2 is 2.14 bits per heavy atom. The van der Waals surface area contributed by atoms with Gasteiger partial charge in [0.25, 0.3) is 0 Å². The zero-order valence-electron chi connectivity index (χ0n) is 12.8. The summed E-state index contributed by atoms with van der Waals surface area (Å²) in [5, 5.41) is 7.71. The average Bonchev–Trinajstić information content (AvgIpc) is 2.99. The maximum atomic E-state index is 5.68. The molecule has 0 spiro atoms. The minimum atomic E-state index is 0.0719. The summed E-state index contributed by atoms with van der Waals surface area (Å²) in [6.07, 6.45) is 5.51. The van der Waals surface area contributed by atoms with Crippen molar-refractivity contribution >= 4 is 11.5 Å². The van der Waals surface area contributed by atoms with Gasteiger partial charge in [0.15, 0.2) is 0 Å². The Morgan fingerprint density at radius 3 is 2.86 bits per heavy atom. The van der Waals surface area contributed by atoms with Gasteiger partial charge in [-0.2, -0.15) is 0 Å². The molecule has 0 aliphatic rings. The van der Waals surface area contributed by atoms with Crippen LogP contribution in [0.5, 0.6) is 5.75 Å². The minimum Gasteiger partial charge on any atom is -0.492 e. The number of pyridine rings is 1. The quantitative estimate of drug-likeness (QED) is 0.812. The van der Waals surface area contributed by atoms with E-state index in [0.29, 0.717) is 6.61 Å². The Hall–Kier alpha value is -1.53. The molecule has 1 atom stereocenters. The summed E-state index contributed by atoms with van der Waals surface area (Å²) < 4.78 is 9.77. The normalized spacial score (nSPS) is 12.3. The van der Waals surface area contributed by atoms with Gasteiger partial charge in [0.1, 0.15) is 5.75 Å². The molecule has 2 rings (SSSR count). The topological polar surface area (TPSA) is 59.9 Å². The largest absolute Gasteiger partial charge is 0.492 e. The lowest BCUT2D eigenvalue weighted by molar-refractivity contribution is 0.315. The molecule has 0 aliphatic carbocycles. The van der Waals surface area contributed by atoms with Gasteiger partial charge in [-0.25, -0.2) is 0 Å². The summed E-state index contributed by atoms with van der Waals surface area (Å²) in [6.45, 7) is 7.86. The summed E-state index contributed by atoms with van der Waals surface area (Å²) in [7, 11) is 0. The van der Waals surface area contributed by atoms with Crippen LogP contribution in [0.2, 0.25) is 0 Å². The lowest BCUT2D eigenvalue weighted by Gasteiger charge is -2.18. The predicted octanol–water partition coefficient (Wildman–Crippen LogP) is 2.98. The van der Waals surface area contributed by atoms with E-state index in [0.717, 1.165) is 41.3 Å². The molecule has 114 valence electrons. The fourth-order valence-corrected chi connectivity index (χ4v) is 2.98. The molecule has 0 fully saturated rings. The van der Waals surface area contributed by atoms with Gasteiger partial charge in [0.05, 0.1) is 29.4 Å². The van der Waals surface area contributed by atoms with Gasteiger partial charge >= 0.3 is 0 Å². The van der Waals surface area contributed by atoms with Crippen molar-refractivity contribution in [1.82, 2.24) is 19.9 Å². The molecule has 2 aromatic rings. The molecule has 21 heavy (non-hydrogen) atoms. The van der Waals surface area contributed by atoms with Crippen molar-refractivity contribution in [1.29, 1.82) is 0 Å². The number of ether oxygens (including phenoxy) is 1. The highest BCUT2D eigenvalue weighted by atomic mass is 32.1. The Balaban J connectivity index is 2.29. The molecule has 0 bridgehead atoms. The zero-order chi connectivity index (χ0) is 15.1. The van der Waals surface area contributed by atoms with E-state index in [4.69, 9.17) is 4.74 Å². The molecular formula is C15H22N4OS. The molecule has 0 aliphatic heterocycles. The highest BCUT2D eigenvalue weighted by molar-refractivity contribution is 7.05. The summed E-state index contributed by atoms with van der Waals surface area (Å²) >= 11 is 1.45. The van der Waals surface area contributed by atoms with Gasteiger partial charge in [-0.05, 0) is 42.5 Å². The predicted molar refractivity (Wildman–Crippen MR) is 84.8 cm³/mol. The van der Waals surface area contributed by atoms with Crippen molar-refractivity contribution in [3.05, 3.63) is 34.6 Å². The van der Waals surface area contributed by atoms with Crippen LogP contribution in [0.1, 0.15) is 49.4 Å². The first-order valence-electron chi connectivity index (χ1n) is 7.42. The second kappa shape index (κ2) is 8.05. The van der Waals surface area contributed by atoms with Crippen LogP contribution in [0, 0.1) is 0 Å². The van der Waals surface area contributed by atoms with E-state index in [9.17, 15) is 0 Å². The lowest BCUT2D eigenvalue weighted by Crippen LogP contribution is -2.22. The van der Waals surface area contributed by atoms with Gasteiger partial charge in [-0.1, -0.05) is 25.3 Å². The van der Waals surface area contributed by atoms with E-state index < -0.39 is 0 Å². The van der Waals surface area contributed by atoms with Gasteiger partial charge in [-0.3, -0.25) is 4.98 Å². The van der Waals surface area contributed by atoms with Crippen LogP contribution < -0.4 is 10.1 Å². The first-order valence-corrected chi connectivity index (χ1v) is 8.19. The van der Waals surface area contributed by atoms with Crippen LogP contribution in [-0.4, -0.2) is 27.7 Å². The molecule has 5 nitrogen and oxygen atoms in total. The molecule has 0 aromatic carbocycles. The van der Waals surface area contributed by atoms with Crippen molar-refractivity contribution in [2.75, 3.05) is 13.2 Å². The number of aryl methyl sites for hydroxylation is 1. The summed E-state index contributed by atoms with van der Waals surface area (Å²) in [4.78, 5) is 5.47. The monoisotopic (exact) mass is 306 g/mol. The van der Waals surface area contributed by atoms with Crippen molar-refractivity contribution in [2.24, 2.45) is 0 Å². The maximum Gasteiger partial charge on any atom is 0.137 e. The number of rotatable bonds is 8. The number of hydrogen-bond donors (Lipinski definition) is 1. The molecule has 0 saturated heterocycles. The van der Waals surface area contributed by atoms with Crippen molar-refractivity contribution in [2.45, 2.75) is 39.7 Å². The minimum absolute atomic E-state index is 0.0719. The van der Waals surface area contributed by atoms with E-state index in [1.807, 2.05) is 6.20 Å². The van der Waals surface area contributed by atoms with Crippen LogP contribution in [0.3, 0.4) is 0 Å². The SMILES string of the molecule is CCCOc1cncc(C(NCC)c2snnc2CC)c1. The lowest BCUT2D eigenvalue weighted by atomic mass is 10.1. The highest BCUT2D eigenvalue weighted by Gasteiger charge is 2.20. The van der Waals surface area contributed by atoms with Crippen LogP contribution in [0.4, 0.5) is 0 Å². The Bertz CT molecular complexity index is 558.